The lowest BCUT2D eigenvalue weighted by Crippen LogP contribution is -1.94. The maximum absolute atomic E-state index is 9.40. The molecule has 1 aromatic heterocycles. The van der Waals surface area contributed by atoms with E-state index in [1.54, 1.807) is 43.5 Å². The number of pyridine rings is 1. The Kier molecular flexibility index (Phi) is 2.97. The average Bonchev–Trinajstić information content (AvgIpc) is 2.87. The number of benzene rings is 1. The van der Waals surface area contributed by atoms with Gasteiger partial charge in [0, 0.05) is 18.3 Å². The third kappa shape index (κ3) is 2.46. The summed E-state index contributed by atoms with van der Waals surface area (Å²) in [6.45, 7) is 1.93. The van der Waals surface area contributed by atoms with Crippen LogP contribution in [0.4, 0.5) is 0 Å². The third-order valence-corrected chi connectivity index (χ3v) is 2.81. The number of fused-ring (bicyclic) bond motifs is 1. The molecule has 1 atom stereocenters. The van der Waals surface area contributed by atoms with Crippen molar-refractivity contribution >= 4 is 0 Å². The van der Waals surface area contributed by atoms with Gasteiger partial charge in [-0.05, 0) is 30.7 Å². The fraction of sp³-hybridized carbons (Fsp3) is 0.214. The quantitative estimate of drug-likeness (QED) is 0.918. The Balaban J connectivity index is 1.77. The van der Waals surface area contributed by atoms with Gasteiger partial charge in [0.25, 0.3) is 0 Å². The molecule has 0 saturated heterocycles. The molecule has 19 heavy (non-hydrogen) atoms. The first-order chi connectivity index (χ1) is 9.22. The van der Waals surface area contributed by atoms with Crippen LogP contribution in [-0.4, -0.2) is 16.9 Å². The summed E-state index contributed by atoms with van der Waals surface area (Å²) >= 11 is 0. The molecule has 1 aliphatic heterocycles. The van der Waals surface area contributed by atoms with Gasteiger partial charge >= 0.3 is 0 Å². The van der Waals surface area contributed by atoms with Crippen LogP contribution < -0.4 is 14.2 Å². The number of hydrogen-bond acceptors (Lipinski definition) is 5. The first kappa shape index (κ1) is 11.8. The van der Waals surface area contributed by atoms with E-state index in [1.165, 1.54) is 0 Å². The van der Waals surface area contributed by atoms with E-state index in [1.807, 2.05) is 0 Å². The highest BCUT2D eigenvalue weighted by atomic mass is 16.7. The highest BCUT2D eigenvalue weighted by molar-refractivity contribution is 5.47. The Labute approximate surface area is 110 Å². The van der Waals surface area contributed by atoms with Gasteiger partial charge in [0.05, 0.1) is 6.10 Å². The van der Waals surface area contributed by atoms with Crippen LogP contribution in [0.3, 0.4) is 0 Å². The van der Waals surface area contributed by atoms with E-state index >= 15 is 0 Å². The van der Waals surface area contributed by atoms with Crippen LogP contribution in [0.1, 0.15) is 18.6 Å². The molecular weight excluding hydrogens is 246 g/mol. The number of nitrogens with zero attached hydrogens (tertiary/aromatic N) is 1. The summed E-state index contributed by atoms with van der Waals surface area (Å²) in [7, 11) is 0. The summed E-state index contributed by atoms with van der Waals surface area (Å²) in [6, 6.07) is 8.83. The van der Waals surface area contributed by atoms with Crippen LogP contribution in [0.25, 0.3) is 0 Å². The van der Waals surface area contributed by atoms with Gasteiger partial charge in [0.15, 0.2) is 11.5 Å². The number of rotatable bonds is 3. The van der Waals surface area contributed by atoms with E-state index in [4.69, 9.17) is 14.2 Å². The molecule has 0 bridgehead atoms. The maximum atomic E-state index is 9.40. The van der Waals surface area contributed by atoms with Gasteiger partial charge < -0.3 is 19.3 Å². The normalized spacial score (nSPS) is 14.2. The zero-order chi connectivity index (χ0) is 13.2. The predicted molar refractivity (Wildman–Crippen MR) is 67.5 cm³/mol. The van der Waals surface area contributed by atoms with Crippen molar-refractivity contribution in [3.63, 3.8) is 0 Å². The second-order valence-corrected chi connectivity index (χ2v) is 4.22. The first-order valence-electron chi connectivity index (χ1n) is 5.94. The fourth-order valence-electron chi connectivity index (χ4n) is 1.76. The van der Waals surface area contributed by atoms with Crippen molar-refractivity contribution in [3.05, 3.63) is 42.1 Å². The lowest BCUT2D eigenvalue weighted by molar-refractivity contribution is 0.174. The molecule has 3 rings (SSSR count). The number of aliphatic hydroxyl groups excluding tert-OH is 1. The summed E-state index contributed by atoms with van der Waals surface area (Å²) in [6.07, 6.45) is 1.06. The van der Waals surface area contributed by atoms with Crippen molar-refractivity contribution in [1.29, 1.82) is 0 Å². The molecule has 0 amide bonds. The molecule has 5 heteroatoms. The third-order valence-electron chi connectivity index (χ3n) is 2.81. The van der Waals surface area contributed by atoms with Crippen LogP contribution in [0.15, 0.2) is 36.5 Å². The van der Waals surface area contributed by atoms with Crippen molar-refractivity contribution in [2.24, 2.45) is 0 Å². The summed E-state index contributed by atoms with van der Waals surface area (Å²) in [5, 5.41) is 9.40. The van der Waals surface area contributed by atoms with Crippen LogP contribution in [0, 0.1) is 0 Å². The van der Waals surface area contributed by atoms with Crippen molar-refractivity contribution in [3.8, 4) is 23.1 Å². The first-order valence-corrected chi connectivity index (χ1v) is 5.94. The zero-order valence-corrected chi connectivity index (χ0v) is 10.4. The number of ether oxygens (including phenoxy) is 3. The number of aromatic nitrogens is 1. The molecule has 1 N–H and O–H groups in total. The van der Waals surface area contributed by atoms with Gasteiger partial charge in [-0.3, -0.25) is 0 Å². The van der Waals surface area contributed by atoms with E-state index in [-0.39, 0.29) is 6.79 Å². The minimum absolute atomic E-state index is 0.236. The van der Waals surface area contributed by atoms with Crippen molar-refractivity contribution in [2.45, 2.75) is 13.0 Å². The standard InChI is InChI=1S/C14H13NO4/c1-9(16)10-2-5-14(15-7-10)19-11-3-4-12-13(6-11)18-8-17-12/h2-7,9,16H,8H2,1H3. The van der Waals surface area contributed by atoms with Crippen LogP contribution in [0.2, 0.25) is 0 Å². The van der Waals surface area contributed by atoms with Gasteiger partial charge in [0.1, 0.15) is 5.75 Å². The van der Waals surface area contributed by atoms with Gasteiger partial charge in [0.2, 0.25) is 12.7 Å². The van der Waals surface area contributed by atoms with Crippen molar-refractivity contribution in [2.75, 3.05) is 6.79 Å². The van der Waals surface area contributed by atoms with Gasteiger partial charge in [-0.1, -0.05) is 0 Å². The molecule has 0 saturated carbocycles. The molecule has 0 radical (unpaired) electrons. The van der Waals surface area contributed by atoms with Crippen LogP contribution in [-0.2, 0) is 0 Å². The van der Waals surface area contributed by atoms with E-state index in [9.17, 15) is 5.11 Å². The van der Waals surface area contributed by atoms with E-state index in [0.29, 0.717) is 23.1 Å². The second-order valence-electron chi connectivity index (χ2n) is 4.22. The number of aliphatic hydroxyl groups is 1. The Bertz CT molecular complexity index is 580. The molecule has 2 aromatic rings. The smallest absolute Gasteiger partial charge is 0.231 e. The van der Waals surface area contributed by atoms with Crippen molar-refractivity contribution < 1.29 is 19.3 Å². The predicted octanol–water partition coefficient (Wildman–Crippen LogP) is 2.66. The van der Waals surface area contributed by atoms with Gasteiger partial charge in [-0.25, -0.2) is 4.98 Å². The highest BCUT2D eigenvalue weighted by Crippen LogP contribution is 2.36. The van der Waals surface area contributed by atoms with E-state index in [2.05, 4.69) is 4.98 Å². The second kappa shape index (κ2) is 4.78. The highest BCUT2D eigenvalue weighted by Gasteiger charge is 2.14. The summed E-state index contributed by atoms with van der Waals surface area (Å²) < 4.78 is 16.1. The molecule has 5 nitrogen and oxygen atoms in total. The van der Waals surface area contributed by atoms with Crippen LogP contribution >= 0.6 is 0 Å². The largest absolute Gasteiger partial charge is 0.454 e. The lowest BCUT2D eigenvalue weighted by Gasteiger charge is -2.07. The fourth-order valence-corrected chi connectivity index (χ4v) is 1.76. The molecule has 1 aliphatic rings. The molecular formula is C14H13NO4. The average molecular weight is 259 g/mol. The van der Waals surface area contributed by atoms with Gasteiger partial charge in [-0.15, -0.1) is 0 Å². The van der Waals surface area contributed by atoms with Gasteiger partial charge in [-0.2, -0.15) is 0 Å². The summed E-state index contributed by atoms with van der Waals surface area (Å²) in [4.78, 5) is 4.13. The molecule has 1 aromatic carbocycles. The van der Waals surface area contributed by atoms with E-state index < -0.39 is 6.10 Å². The molecule has 0 fully saturated rings. The molecule has 2 heterocycles. The Morgan fingerprint density at radius 3 is 2.79 bits per heavy atom. The Morgan fingerprint density at radius 2 is 2.05 bits per heavy atom. The number of hydrogen-bond donors (Lipinski definition) is 1. The van der Waals surface area contributed by atoms with E-state index in [0.717, 1.165) is 5.56 Å². The Hall–Kier alpha value is -2.27. The minimum Gasteiger partial charge on any atom is -0.454 e. The maximum Gasteiger partial charge on any atom is 0.231 e. The SMILES string of the molecule is CC(O)c1ccc(Oc2ccc3c(c2)OCO3)nc1. The van der Waals surface area contributed by atoms with Crippen LogP contribution in [0.5, 0.6) is 23.1 Å². The molecule has 0 spiro atoms. The molecule has 1 unspecified atom stereocenters. The zero-order valence-electron chi connectivity index (χ0n) is 10.4. The molecule has 0 aliphatic carbocycles. The minimum atomic E-state index is -0.535. The lowest BCUT2D eigenvalue weighted by atomic mass is 10.2. The Morgan fingerprint density at radius 1 is 1.21 bits per heavy atom. The summed E-state index contributed by atoms with van der Waals surface area (Å²) in [5.74, 6) is 2.47. The van der Waals surface area contributed by atoms with Crippen molar-refractivity contribution in [1.82, 2.24) is 4.98 Å². The molecule has 98 valence electrons. The topological polar surface area (TPSA) is 60.8 Å². The monoisotopic (exact) mass is 259 g/mol. The summed E-state index contributed by atoms with van der Waals surface area (Å²) in [5.41, 5.74) is 0.748.